The lowest BCUT2D eigenvalue weighted by Crippen LogP contribution is -2.53. The van der Waals surface area contributed by atoms with Gasteiger partial charge in [0.2, 0.25) is 11.8 Å². The van der Waals surface area contributed by atoms with Crippen molar-refractivity contribution in [3.8, 4) is 0 Å². The molecule has 0 bridgehead atoms. The van der Waals surface area contributed by atoms with Crippen LogP contribution in [0.25, 0.3) is 0 Å². The number of esters is 1. The lowest BCUT2D eigenvalue weighted by atomic mass is 10.1. The van der Waals surface area contributed by atoms with Gasteiger partial charge in [0.25, 0.3) is 0 Å². The number of ether oxygens (including phenoxy) is 2. The van der Waals surface area contributed by atoms with Gasteiger partial charge in [0.1, 0.15) is 24.3 Å². The van der Waals surface area contributed by atoms with E-state index in [0.29, 0.717) is 0 Å². The van der Waals surface area contributed by atoms with Crippen LogP contribution >= 0.6 is 0 Å². The Bertz CT molecular complexity index is 699. The van der Waals surface area contributed by atoms with E-state index in [9.17, 15) is 19.2 Å². The molecule has 0 aliphatic heterocycles. The maximum atomic E-state index is 12.4. The van der Waals surface area contributed by atoms with Gasteiger partial charge < -0.3 is 25.8 Å². The molecule has 1 aromatic rings. The van der Waals surface area contributed by atoms with E-state index >= 15 is 0 Å². The third kappa shape index (κ3) is 9.02. The summed E-state index contributed by atoms with van der Waals surface area (Å²) in [7, 11) is 0. The largest absolute Gasteiger partial charge is 0.461 e. The van der Waals surface area contributed by atoms with E-state index < -0.39 is 48.0 Å². The third-order valence-corrected chi connectivity index (χ3v) is 3.41. The zero-order valence-electron chi connectivity index (χ0n) is 16.5. The van der Waals surface area contributed by atoms with Gasteiger partial charge in [-0.25, -0.2) is 4.79 Å². The normalized spacial score (nSPS) is 13.0. The standard InChI is InChI=1S/C19H27N3O6/c1-12(16(20)24)21-17(25)14(22-18(26)28-19(2,3)4)10-15(23)27-11-13-8-6-5-7-9-13/h5-9,12,14H,10-11H2,1-4H3,(H2,20,24)(H,21,25)(H,22,26)/t12-,14-/m1/s1. The fourth-order valence-corrected chi connectivity index (χ4v) is 2.01. The first-order valence-corrected chi connectivity index (χ1v) is 8.76. The maximum Gasteiger partial charge on any atom is 0.408 e. The second kappa shape index (κ2) is 10.3. The second-order valence-corrected chi connectivity index (χ2v) is 7.18. The summed E-state index contributed by atoms with van der Waals surface area (Å²) in [6, 6.07) is 6.73. The van der Waals surface area contributed by atoms with Gasteiger partial charge in [-0.3, -0.25) is 14.4 Å². The van der Waals surface area contributed by atoms with Gasteiger partial charge in [-0.05, 0) is 33.3 Å². The molecule has 0 saturated heterocycles. The number of alkyl carbamates (subject to hydrolysis) is 1. The fourth-order valence-electron chi connectivity index (χ4n) is 2.01. The average Bonchev–Trinajstić information content (AvgIpc) is 2.58. The Balaban J connectivity index is 2.75. The minimum Gasteiger partial charge on any atom is -0.461 e. The molecule has 9 heteroatoms. The van der Waals surface area contributed by atoms with Crippen LogP contribution in [0.2, 0.25) is 0 Å². The van der Waals surface area contributed by atoms with Crippen molar-refractivity contribution in [2.45, 2.75) is 58.4 Å². The first-order chi connectivity index (χ1) is 13.0. The van der Waals surface area contributed by atoms with Crippen LogP contribution in [0.5, 0.6) is 0 Å². The first kappa shape index (κ1) is 22.9. The highest BCUT2D eigenvalue weighted by molar-refractivity contribution is 5.92. The average molecular weight is 393 g/mol. The summed E-state index contributed by atoms with van der Waals surface area (Å²) in [6.07, 6.45) is -1.32. The molecule has 0 spiro atoms. The molecule has 9 nitrogen and oxygen atoms in total. The van der Waals surface area contributed by atoms with Crippen molar-refractivity contribution in [1.29, 1.82) is 0 Å². The molecule has 1 aromatic carbocycles. The van der Waals surface area contributed by atoms with Gasteiger partial charge in [0.15, 0.2) is 0 Å². The SMILES string of the molecule is C[C@@H](NC(=O)[C@@H](CC(=O)OCc1ccccc1)NC(=O)OC(C)(C)C)C(N)=O. The van der Waals surface area contributed by atoms with Crippen LogP contribution in [0.15, 0.2) is 30.3 Å². The van der Waals surface area contributed by atoms with Crippen LogP contribution in [0.4, 0.5) is 4.79 Å². The van der Waals surface area contributed by atoms with Gasteiger partial charge in [0, 0.05) is 0 Å². The number of rotatable bonds is 8. The zero-order chi connectivity index (χ0) is 21.3. The van der Waals surface area contributed by atoms with E-state index in [4.69, 9.17) is 15.2 Å². The highest BCUT2D eigenvalue weighted by Gasteiger charge is 2.28. The van der Waals surface area contributed by atoms with Gasteiger partial charge in [0.05, 0.1) is 6.42 Å². The number of benzene rings is 1. The summed E-state index contributed by atoms with van der Waals surface area (Å²) < 4.78 is 10.2. The molecular formula is C19H27N3O6. The summed E-state index contributed by atoms with van der Waals surface area (Å²) in [4.78, 5) is 47.7. The van der Waals surface area contributed by atoms with E-state index in [0.717, 1.165) is 5.56 Å². The lowest BCUT2D eigenvalue weighted by molar-refractivity contribution is -0.147. The van der Waals surface area contributed by atoms with Crippen molar-refractivity contribution in [3.05, 3.63) is 35.9 Å². The molecule has 0 unspecified atom stereocenters. The van der Waals surface area contributed by atoms with Crippen molar-refractivity contribution < 1.29 is 28.7 Å². The van der Waals surface area contributed by atoms with Crippen LogP contribution < -0.4 is 16.4 Å². The summed E-state index contributed by atoms with van der Waals surface area (Å²) in [5.41, 5.74) is 5.11. The maximum absolute atomic E-state index is 12.4. The zero-order valence-corrected chi connectivity index (χ0v) is 16.5. The summed E-state index contributed by atoms with van der Waals surface area (Å²) in [5.74, 6) is -2.21. The van der Waals surface area contributed by atoms with Crippen LogP contribution in [-0.2, 0) is 30.5 Å². The molecule has 28 heavy (non-hydrogen) atoms. The number of nitrogens with one attached hydrogen (secondary N) is 2. The highest BCUT2D eigenvalue weighted by atomic mass is 16.6. The monoisotopic (exact) mass is 393 g/mol. The van der Waals surface area contributed by atoms with Gasteiger partial charge in [-0.1, -0.05) is 30.3 Å². The van der Waals surface area contributed by atoms with E-state index in [2.05, 4.69) is 10.6 Å². The molecular weight excluding hydrogens is 366 g/mol. The summed E-state index contributed by atoms with van der Waals surface area (Å²) in [5, 5.41) is 4.66. The molecule has 3 amide bonds. The molecule has 0 aliphatic rings. The fraction of sp³-hybridized carbons (Fsp3) is 0.474. The summed E-state index contributed by atoms with van der Waals surface area (Å²) in [6.45, 7) is 6.39. The predicted octanol–water partition coefficient (Wildman–Crippen LogP) is 1.00. The van der Waals surface area contributed by atoms with Crippen LogP contribution in [0, 0.1) is 0 Å². The Labute approximate surface area is 163 Å². The van der Waals surface area contributed by atoms with Gasteiger partial charge in [-0.15, -0.1) is 0 Å². The lowest BCUT2D eigenvalue weighted by Gasteiger charge is -2.23. The molecule has 1 rings (SSSR count). The number of carbonyl (C=O) groups is 4. The Morgan fingerprint density at radius 3 is 2.21 bits per heavy atom. The molecule has 0 radical (unpaired) electrons. The number of carbonyl (C=O) groups excluding carboxylic acids is 4. The Morgan fingerprint density at radius 2 is 1.68 bits per heavy atom. The summed E-state index contributed by atoms with van der Waals surface area (Å²) >= 11 is 0. The smallest absolute Gasteiger partial charge is 0.408 e. The molecule has 0 heterocycles. The van der Waals surface area contributed by atoms with Crippen molar-refractivity contribution in [3.63, 3.8) is 0 Å². The molecule has 0 saturated carbocycles. The number of hydrogen-bond donors (Lipinski definition) is 3. The quantitative estimate of drug-likeness (QED) is 0.564. The van der Waals surface area contributed by atoms with Crippen LogP contribution in [-0.4, -0.2) is 41.6 Å². The molecule has 0 aromatic heterocycles. The molecule has 4 N–H and O–H groups in total. The van der Waals surface area contributed by atoms with Crippen molar-refractivity contribution in [2.24, 2.45) is 5.73 Å². The van der Waals surface area contributed by atoms with Crippen molar-refractivity contribution in [2.75, 3.05) is 0 Å². The molecule has 0 fully saturated rings. The number of nitrogens with two attached hydrogens (primary N) is 1. The third-order valence-electron chi connectivity index (χ3n) is 3.41. The Hall–Kier alpha value is -3.10. The minimum atomic E-state index is -1.29. The Morgan fingerprint density at radius 1 is 1.07 bits per heavy atom. The van der Waals surface area contributed by atoms with Crippen molar-refractivity contribution in [1.82, 2.24) is 10.6 Å². The number of amides is 3. The van der Waals surface area contributed by atoms with E-state index in [1.54, 1.807) is 45.0 Å². The number of primary amides is 1. The predicted molar refractivity (Wildman–Crippen MR) is 101 cm³/mol. The second-order valence-electron chi connectivity index (χ2n) is 7.18. The van der Waals surface area contributed by atoms with Gasteiger partial charge in [-0.2, -0.15) is 0 Å². The minimum absolute atomic E-state index is 0.0259. The Kier molecular flexibility index (Phi) is 8.43. The van der Waals surface area contributed by atoms with Crippen LogP contribution in [0.1, 0.15) is 39.7 Å². The number of hydrogen-bond acceptors (Lipinski definition) is 6. The van der Waals surface area contributed by atoms with Crippen LogP contribution in [0.3, 0.4) is 0 Å². The van der Waals surface area contributed by atoms with E-state index in [1.807, 2.05) is 6.07 Å². The van der Waals surface area contributed by atoms with E-state index in [-0.39, 0.29) is 6.61 Å². The highest BCUT2D eigenvalue weighted by Crippen LogP contribution is 2.08. The molecule has 0 aliphatic carbocycles. The molecule has 2 atom stereocenters. The first-order valence-electron chi connectivity index (χ1n) is 8.76. The molecule has 154 valence electrons. The van der Waals surface area contributed by atoms with E-state index in [1.165, 1.54) is 6.92 Å². The van der Waals surface area contributed by atoms with Crippen molar-refractivity contribution >= 4 is 23.9 Å². The van der Waals surface area contributed by atoms with Gasteiger partial charge >= 0.3 is 12.1 Å². The topological polar surface area (TPSA) is 137 Å².